The Balaban J connectivity index is 0.950. The fourth-order valence-electron chi connectivity index (χ4n) is 9.12. The predicted octanol–water partition coefficient (Wildman–Crippen LogP) is 1.66. The van der Waals surface area contributed by atoms with Crippen molar-refractivity contribution in [3.05, 3.63) is 42.5 Å². The molecule has 7 amide bonds. The van der Waals surface area contributed by atoms with Crippen LogP contribution in [0.15, 0.2) is 36.9 Å². The largest absolute Gasteiger partial charge is 0.445 e. The van der Waals surface area contributed by atoms with E-state index in [1.165, 1.54) is 19.6 Å². The number of halogens is 1. The van der Waals surface area contributed by atoms with Crippen LogP contribution < -0.4 is 31.9 Å². The van der Waals surface area contributed by atoms with Gasteiger partial charge in [-0.05, 0) is 56.2 Å². The zero-order valence-electron chi connectivity index (χ0n) is 39.8. The molecule has 70 heavy (non-hydrogen) atoms. The van der Waals surface area contributed by atoms with Crippen molar-refractivity contribution >= 4 is 86.8 Å². The SMILES string of the molecule is CCCC(I)(CC)C1CC(=O)N(CCC(=O)N[C@H](C(=O)N[C@@H](C)C(=O)Nc2ccc(COC(=O)NC3(C(=O)N[C@@H]4[C@@H](O)[C@H](O)[C@@H](Nc5ncnc6nc[nH]c56)O[C@H]4CO)CCCC3)cc2)C(C)C)C1=O. The molecular formula is C46H64IN11O12. The highest BCUT2D eigenvalue weighted by Crippen LogP contribution is 2.42. The van der Waals surface area contributed by atoms with E-state index in [4.69, 9.17) is 9.47 Å². The van der Waals surface area contributed by atoms with Crippen molar-refractivity contribution in [2.75, 3.05) is 23.8 Å². The number of likely N-dealkylation sites (tertiary alicyclic amines) is 1. The van der Waals surface area contributed by atoms with Gasteiger partial charge in [0.25, 0.3) is 0 Å². The summed E-state index contributed by atoms with van der Waals surface area (Å²) >= 11 is 2.29. The van der Waals surface area contributed by atoms with E-state index in [1.54, 1.807) is 38.1 Å². The van der Waals surface area contributed by atoms with Crippen LogP contribution in [-0.2, 0) is 44.8 Å². The lowest BCUT2D eigenvalue weighted by Crippen LogP contribution is -2.69. The number of H-pyrrole nitrogens is 1. The minimum Gasteiger partial charge on any atom is -0.445 e. The minimum atomic E-state index is -1.61. The van der Waals surface area contributed by atoms with Crippen molar-refractivity contribution in [2.24, 2.45) is 11.8 Å². The van der Waals surface area contributed by atoms with E-state index in [0.29, 0.717) is 35.3 Å². The lowest BCUT2D eigenvalue weighted by Gasteiger charge is -2.43. The molecular weight excluding hydrogens is 1030 g/mol. The number of carbonyl (C=O) groups is 7. The number of rotatable bonds is 21. The molecule has 2 aliphatic heterocycles. The number of nitrogens with zero attached hydrogens (tertiary/aromatic N) is 4. The summed E-state index contributed by atoms with van der Waals surface area (Å²) in [4.78, 5) is 109. The number of alkyl halides is 1. The Hall–Kier alpha value is -5.57. The first-order chi connectivity index (χ1) is 33.3. The molecule has 4 heterocycles. The van der Waals surface area contributed by atoms with Crippen molar-refractivity contribution in [3.8, 4) is 0 Å². The molecule has 24 heteroatoms. The van der Waals surface area contributed by atoms with Gasteiger partial charge in [0.1, 0.15) is 54.4 Å². The van der Waals surface area contributed by atoms with Gasteiger partial charge in [0.05, 0.1) is 24.9 Å². The summed E-state index contributed by atoms with van der Waals surface area (Å²) in [6.45, 7) is 8.07. The fraction of sp³-hybridized carbons (Fsp3) is 0.609. The molecule has 3 fully saturated rings. The second kappa shape index (κ2) is 23.6. The molecule has 1 aliphatic carbocycles. The predicted molar refractivity (Wildman–Crippen MR) is 260 cm³/mol. The van der Waals surface area contributed by atoms with E-state index in [9.17, 15) is 48.9 Å². The van der Waals surface area contributed by atoms with Crippen LogP contribution in [0.3, 0.4) is 0 Å². The molecule has 1 aromatic carbocycles. The summed E-state index contributed by atoms with van der Waals surface area (Å²) in [6.07, 6.45) is 0.213. The van der Waals surface area contributed by atoms with Crippen LogP contribution in [0.1, 0.15) is 98.0 Å². The molecule has 10 N–H and O–H groups in total. The van der Waals surface area contributed by atoms with Crippen LogP contribution in [-0.4, -0.2) is 146 Å². The summed E-state index contributed by atoms with van der Waals surface area (Å²) < 4.78 is 11.0. The van der Waals surface area contributed by atoms with E-state index in [0.717, 1.165) is 24.2 Å². The first-order valence-electron chi connectivity index (χ1n) is 23.6. The number of alkyl carbamates (subject to hydrolysis) is 1. The van der Waals surface area contributed by atoms with Crippen LogP contribution >= 0.6 is 22.6 Å². The van der Waals surface area contributed by atoms with Crippen molar-refractivity contribution in [2.45, 2.75) is 151 Å². The zero-order valence-corrected chi connectivity index (χ0v) is 42.0. The zero-order chi connectivity index (χ0) is 50.9. The average molecular weight is 1090 g/mol. The maximum absolute atomic E-state index is 13.9. The third-order valence-electron chi connectivity index (χ3n) is 13.3. The standard InChI is InChI=1S/C46H64IN11O12/c1-6-15-45(47,7-2)28-19-31(61)58(42(28)66)18-14-30(60)54-32(24(3)4)40(65)52-25(5)39(64)53-27-12-10-26(11-13-27)21-69-44(68)57-46(16-8-9-17-46)43(67)55-33-29(20-59)70-41(36(63)35(33)62)56-38-34-37(49-22-48-34)50-23-51-38/h10-13,22-25,28-29,32-33,35-36,41,59,62-63H,6-9,14-21H2,1-5H3,(H,52,65)(H,53,64)(H,54,60)(H,55,67)(H,57,68)(H2,48,49,50,51,56)/t25-,28?,29-,32-,33-,35+,36-,41-,45?/m0/s1. The third-order valence-corrected chi connectivity index (χ3v) is 15.3. The lowest BCUT2D eigenvalue weighted by atomic mass is 9.85. The average Bonchev–Trinajstić information content (AvgIpc) is 4.09. The molecule has 0 spiro atoms. The van der Waals surface area contributed by atoms with Gasteiger partial charge >= 0.3 is 6.09 Å². The number of fused-ring (bicyclic) bond motifs is 1. The molecule has 6 rings (SSSR count). The number of hydrogen-bond donors (Lipinski definition) is 10. The second-order valence-electron chi connectivity index (χ2n) is 18.5. The Labute approximate surface area is 418 Å². The summed E-state index contributed by atoms with van der Waals surface area (Å²) in [6, 6.07) is 3.09. The van der Waals surface area contributed by atoms with Gasteiger partial charge in [0.2, 0.25) is 35.4 Å². The Bertz CT molecular complexity index is 2360. The highest BCUT2D eigenvalue weighted by Gasteiger charge is 2.50. The molecule has 3 aromatic rings. The van der Waals surface area contributed by atoms with Crippen molar-refractivity contribution in [1.29, 1.82) is 0 Å². The number of aromatic amines is 1. The first kappa shape index (κ1) is 53.8. The van der Waals surface area contributed by atoms with E-state index in [2.05, 4.69) is 74.4 Å². The molecule has 0 radical (unpaired) electrons. The Morgan fingerprint density at radius 1 is 1.00 bits per heavy atom. The normalized spacial score (nSPS) is 23.8. The molecule has 0 bridgehead atoms. The van der Waals surface area contributed by atoms with E-state index >= 15 is 0 Å². The number of imidazole rings is 1. The summed E-state index contributed by atoms with van der Waals surface area (Å²) in [5.74, 6) is -3.49. The first-order valence-corrected chi connectivity index (χ1v) is 24.7. The van der Waals surface area contributed by atoms with E-state index in [-0.39, 0.29) is 65.8 Å². The number of aromatic nitrogens is 4. The number of amides is 7. The number of imide groups is 1. The smallest absolute Gasteiger partial charge is 0.408 e. The van der Waals surface area contributed by atoms with Gasteiger partial charge in [-0.2, -0.15) is 0 Å². The maximum Gasteiger partial charge on any atom is 0.408 e. The number of carbonyl (C=O) groups excluding carboxylic acids is 7. The third kappa shape index (κ3) is 12.5. The molecule has 2 saturated heterocycles. The van der Waals surface area contributed by atoms with Gasteiger partial charge in [-0.25, -0.2) is 19.7 Å². The quantitative estimate of drug-likeness (QED) is 0.0412. The summed E-state index contributed by atoms with van der Waals surface area (Å²) in [5.41, 5.74) is 0.273. The van der Waals surface area contributed by atoms with Crippen LogP contribution in [0.5, 0.6) is 0 Å². The number of aliphatic hydroxyl groups excluding tert-OH is 3. The Kier molecular flexibility index (Phi) is 18.1. The molecule has 23 nitrogen and oxygen atoms in total. The number of nitrogens with one attached hydrogen (secondary N) is 7. The molecule has 1 saturated carbocycles. The molecule has 2 aromatic heterocycles. The lowest BCUT2D eigenvalue weighted by molar-refractivity contribution is -0.186. The summed E-state index contributed by atoms with van der Waals surface area (Å²) in [7, 11) is 0. The highest BCUT2D eigenvalue weighted by molar-refractivity contribution is 14.1. The van der Waals surface area contributed by atoms with Crippen LogP contribution in [0, 0.1) is 11.8 Å². The van der Waals surface area contributed by atoms with Crippen molar-refractivity contribution in [3.63, 3.8) is 0 Å². The van der Waals surface area contributed by atoms with Crippen LogP contribution in [0.25, 0.3) is 11.2 Å². The molecule has 2 unspecified atom stereocenters. The minimum absolute atomic E-state index is 0.0980. The maximum atomic E-state index is 13.9. The summed E-state index contributed by atoms with van der Waals surface area (Å²) in [5, 5.41) is 48.8. The number of aliphatic hydroxyl groups is 3. The van der Waals surface area contributed by atoms with Crippen molar-refractivity contribution in [1.82, 2.24) is 46.1 Å². The van der Waals surface area contributed by atoms with E-state index in [1.807, 2.05) is 13.8 Å². The number of anilines is 2. The van der Waals surface area contributed by atoms with Gasteiger partial charge in [-0.15, -0.1) is 0 Å². The molecule has 382 valence electrons. The number of hydrogen-bond acceptors (Lipinski definition) is 16. The topological polar surface area (TPSA) is 329 Å². The van der Waals surface area contributed by atoms with E-state index < -0.39 is 90.5 Å². The van der Waals surface area contributed by atoms with Gasteiger partial charge in [-0.1, -0.05) is 81.7 Å². The van der Waals surface area contributed by atoms with Crippen molar-refractivity contribution < 1.29 is 58.4 Å². The van der Waals surface area contributed by atoms with Gasteiger partial charge in [0, 0.05) is 28.5 Å². The number of ether oxygens (including phenoxy) is 2. The Morgan fingerprint density at radius 3 is 2.37 bits per heavy atom. The fourth-order valence-corrected chi connectivity index (χ4v) is 10.1. The van der Waals surface area contributed by atoms with Gasteiger partial charge in [0.15, 0.2) is 17.7 Å². The van der Waals surface area contributed by atoms with Gasteiger partial charge < -0.3 is 61.7 Å². The Morgan fingerprint density at radius 2 is 1.71 bits per heavy atom. The molecule has 9 atom stereocenters. The number of benzene rings is 1. The van der Waals surface area contributed by atoms with Crippen LogP contribution in [0.2, 0.25) is 0 Å². The monoisotopic (exact) mass is 1090 g/mol. The molecule has 3 aliphatic rings. The highest BCUT2D eigenvalue weighted by atomic mass is 127. The van der Waals surface area contributed by atoms with Gasteiger partial charge in [-0.3, -0.25) is 33.7 Å². The second-order valence-corrected chi connectivity index (χ2v) is 20.6. The van der Waals surface area contributed by atoms with Crippen LogP contribution in [0.4, 0.5) is 16.3 Å².